The Hall–Kier alpha value is -2.23. The molecule has 6 nitrogen and oxygen atoms in total. The van der Waals surface area contributed by atoms with E-state index < -0.39 is 12.2 Å². The minimum absolute atomic E-state index is 0.444. The first kappa shape index (κ1) is 17.1. The van der Waals surface area contributed by atoms with Crippen LogP contribution >= 0.6 is 0 Å². The van der Waals surface area contributed by atoms with Crippen molar-refractivity contribution in [3.8, 4) is 23.3 Å². The van der Waals surface area contributed by atoms with Gasteiger partial charge in [0.15, 0.2) is 17.8 Å². The zero-order valence-electron chi connectivity index (χ0n) is 13.8. The summed E-state index contributed by atoms with van der Waals surface area (Å²) in [6.07, 6.45) is 3.74. The fourth-order valence-electron chi connectivity index (χ4n) is 2.68. The van der Waals surface area contributed by atoms with Gasteiger partial charge in [0.25, 0.3) is 0 Å². The van der Waals surface area contributed by atoms with Gasteiger partial charge in [-0.2, -0.15) is 5.26 Å². The molecule has 0 N–H and O–H groups in total. The largest absolute Gasteiger partial charge is 0.493 e. The topological polar surface area (TPSA) is 69.9 Å². The van der Waals surface area contributed by atoms with Gasteiger partial charge >= 0.3 is 0 Å². The van der Waals surface area contributed by atoms with Crippen molar-refractivity contribution in [3.05, 3.63) is 23.3 Å². The number of hydrogen-bond donors (Lipinski definition) is 0. The van der Waals surface area contributed by atoms with E-state index in [9.17, 15) is 5.26 Å². The van der Waals surface area contributed by atoms with Gasteiger partial charge < -0.3 is 23.7 Å². The third-order valence-electron chi connectivity index (χ3n) is 3.76. The summed E-state index contributed by atoms with van der Waals surface area (Å²) >= 11 is 0. The standard InChI is InChI=1S/C17H21NO5/c1-19-14-9-11(8-12(10-18)17(21-3)22-4)13-6-5-7-23-15(13)16(14)20-2/h5-6,9,12,17H,7-8H2,1-4H3. The van der Waals surface area contributed by atoms with Gasteiger partial charge in [-0.15, -0.1) is 0 Å². The highest BCUT2D eigenvalue weighted by Crippen LogP contribution is 2.44. The molecular weight excluding hydrogens is 298 g/mol. The lowest BCUT2D eigenvalue weighted by Gasteiger charge is -2.24. The first-order chi connectivity index (χ1) is 11.2. The summed E-state index contributed by atoms with van der Waals surface area (Å²) in [5.74, 6) is 1.30. The van der Waals surface area contributed by atoms with Crippen molar-refractivity contribution < 1.29 is 23.7 Å². The second-order valence-corrected chi connectivity index (χ2v) is 5.01. The van der Waals surface area contributed by atoms with Crippen LogP contribution in [0.15, 0.2) is 12.1 Å². The van der Waals surface area contributed by atoms with E-state index in [0.29, 0.717) is 30.3 Å². The summed E-state index contributed by atoms with van der Waals surface area (Å²) in [7, 11) is 6.18. The van der Waals surface area contributed by atoms with Crippen molar-refractivity contribution in [2.45, 2.75) is 12.7 Å². The molecule has 0 amide bonds. The molecule has 1 aromatic carbocycles. The third kappa shape index (κ3) is 3.41. The second kappa shape index (κ2) is 7.86. The molecule has 0 bridgehead atoms. The fourth-order valence-corrected chi connectivity index (χ4v) is 2.68. The monoisotopic (exact) mass is 319 g/mol. The zero-order valence-corrected chi connectivity index (χ0v) is 13.8. The zero-order chi connectivity index (χ0) is 16.8. The van der Waals surface area contributed by atoms with Gasteiger partial charge in [-0.05, 0) is 24.1 Å². The maximum absolute atomic E-state index is 9.44. The molecule has 6 heteroatoms. The van der Waals surface area contributed by atoms with Crippen LogP contribution in [-0.4, -0.2) is 41.3 Å². The molecule has 1 atom stereocenters. The molecule has 0 radical (unpaired) electrons. The van der Waals surface area contributed by atoms with Crippen LogP contribution in [0.4, 0.5) is 0 Å². The summed E-state index contributed by atoms with van der Waals surface area (Å²) < 4.78 is 27.0. The number of rotatable bonds is 7. The van der Waals surface area contributed by atoms with Gasteiger partial charge in [0.05, 0.1) is 20.3 Å². The molecule has 2 rings (SSSR count). The summed E-state index contributed by atoms with van der Waals surface area (Å²) in [4.78, 5) is 0. The first-order valence-corrected chi connectivity index (χ1v) is 7.22. The minimum Gasteiger partial charge on any atom is -0.493 e. The predicted molar refractivity (Wildman–Crippen MR) is 84.7 cm³/mol. The van der Waals surface area contributed by atoms with Crippen LogP contribution in [0.5, 0.6) is 17.2 Å². The molecule has 0 fully saturated rings. The van der Waals surface area contributed by atoms with Gasteiger partial charge in [-0.25, -0.2) is 0 Å². The number of ether oxygens (including phenoxy) is 5. The molecule has 0 aromatic heterocycles. The maximum atomic E-state index is 9.44. The Bertz CT molecular complexity index is 616. The van der Waals surface area contributed by atoms with Crippen LogP contribution in [0.25, 0.3) is 6.08 Å². The highest BCUT2D eigenvalue weighted by Gasteiger charge is 2.26. The number of fused-ring (bicyclic) bond motifs is 1. The summed E-state index contributed by atoms with van der Waals surface area (Å²) in [5, 5.41) is 9.44. The summed E-state index contributed by atoms with van der Waals surface area (Å²) in [6, 6.07) is 4.10. The highest BCUT2D eigenvalue weighted by molar-refractivity contribution is 5.71. The van der Waals surface area contributed by atoms with E-state index in [-0.39, 0.29) is 0 Å². The normalized spacial score (nSPS) is 13.9. The maximum Gasteiger partial charge on any atom is 0.203 e. The smallest absolute Gasteiger partial charge is 0.203 e. The SMILES string of the molecule is COc1cc(CC(C#N)C(OC)OC)c2c(c1OC)OCC=C2. The number of hydrogen-bond acceptors (Lipinski definition) is 6. The molecule has 1 unspecified atom stereocenters. The van der Waals surface area contributed by atoms with E-state index in [1.165, 1.54) is 14.2 Å². The predicted octanol–water partition coefficient (Wildman–Crippen LogP) is 2.41. The summed E-state index contributed by atoms with van der Waals surface area (Å²) in [5.41, 5.74) is 1.80. The van der Waals surface area contributed by atoms with Crippen molar-refractivity contribution in [3.63, 3.8) is 0 Å². The molecule has 0 saturated carbocycles. The fraction of sp³-hybridized carbons (Fsp3) is 0.471. The van der Waals surface area contributed by atoms with Crippen molar-refractivity contribution in [1.29, 1.82) is 5.26 Å². The Labute approximate surface area is 136 Å². The Kier molecular flexibility index (Phi) is 5.85. The minimum atomic E-state index is -0.600. The lowest BCUT2D eigenvalue weighted by atomic mass is 9.93. The molecule has 1 aliphatic rings. The number of methoxy groups -OCH3 is 4. The average Bonchev–Trinajstić information content (AvgIpc) is 2.61. The highest BCUT2D eigenvalue weighted by atomic mass is 16.7. The lowest BCUT2D eigenvalue weighted by molar-refractivity contribution is -0.124. The van der Waals surface area contributed by atoms with Crippen LogP contribution in [0.2, 0.25) is 0 Å². The van der Waals surface area contributed by atoms with E-state index in [1.807, 2.05) is 18.2 Å². The molecule has 1 aliphatic heterocycles. The van der Waals surface area contributed by atoms with Gasteiger partial charge in [-0.1, -0.05) is 6.08 Å². The molecule has 1 heterocycles. The van der Waals surface area contributed by atoms with Crippen molar-refractivity contribution in [2.24, 2.45) is 5.92 Å². The van der Waals surface area contributed by atoms with E-state index in [0.717, 1.165) is 11.1 Å². The van der Waals surface area contributed by atoms with E-state index >= 15 is 0 Å². The van der Waals surface area contributed by atoms with Crippen molar-refractivity contribution in [2.75, 3.05) is 35.0 Å². The van der Waals surface area contributed by atoms with Crippen molar-refractivity contribution in [1.82, 2.24) is 0 Å². The molecule has 0 spiro atoms. The van der Waals surface area contributed by atoms with Crippen LogP contribution in [-0.2, 0) is 15.9 Å². The molecule has 124 valence electrons. The van der Waals surface area contributed by atoms with Crippen LogP contribution in [0.1, 0.15) is 11.1 Å². The quantitative estimate of drug-likeness (QED) is 0.719. The Balaban J connectivity index is 2.47. The van der Waals surface area contributed by atoms with Gasteiger partial charge in [0.1, 0.15) is 12.5 Å². The molecule has 23 heavy (non-hydrogen) atoms. The van der Waals surface area contributed by atoms with Crippen LogP contribution in [0, 0.1) is 17.2 Å². The number of benzene rings is 1. The van der Waals surface area contributed by atoms with E-state index in [2.05, 4.69) is 6.07 Å². The number of nitriles is 1. The Morgan fingerprint density at radius 1 is 1.22 bits per heavy atom. The average molecular weight is 319 g/mol. The molecule has 0 aliphatic carbocycles. The second-order valence-electron chi connectivity index (χ2n) is 5.01. The Morgan fingerprint density at radius 3 is 2.52 bits per heavy atom. The van der Waals surface area contributed by atoms with Crippen LogP contribution < -0.4 is 14.2 Å². The molecular formula is C17H21NO5. The van der Waals surface area contributed by atoms with Crippen molar-refractivity contribution >= 4 is 6.08 Å². The van der Waals surface area contributed by atoms with E-state index in [1.54, 1.807) is 14.2 Å². The van der Waals surface area contributed by atoms with Gasteiger partial charge in [0, 0.05) is 19.8 Å². The van der Waals surface area contributed by atoms with Gasteiger partial charge in [-0.3, -0.25) is 0 Å². The van der Waals surface area contributed by atoms with Gasteiger partial charge in [0.2, 0.25) is 5.75 Å². The van der Waals surface area contributed by atoms with Crippen LogP contribution in [0.3, 0.4) is 0 Å². The Morgan fingerprint density at radius 2 is 1.96 bits per heavy atom. The third-order valence-corrected chi connectivity index (χ3v) is 3.76. The number of nitrogens with zero attached hydrogens (tertiary/aromatic N) is 1. The molecule has 1 aromatic rings. The molecule has 0 saturated heterocycles. The first-order valence-electron chi connectivity index (χ1n) is 7.22. The van der Waals surface area contributed by atoms with E-state index in [4.69, 9.17) is 23.7 Å². The summed E-state index contributed by atoms with van der Waals surface area (Å²) in [6.45, 7) is 0.469. The lowest BCUT2D eigenvalue weighted by Crippen LogP contribution is -2.25.